The van der Waals surface area contributed by atoms with Crippen molar-refractivity contribution in [3.63, 3.8) is 0 Å². The van der Waals surface area contributed by atoms with E-state index in [1.807, 2.05) is 30.3 Å². The van der Waals surface area contributed by atoms with Crippen LogP contribution in [0.15, 0.2) is 52.0 Å². The molecule has 3 N–H and O–H groups in total. The van der Waals surface area contributed by atoms with Gasteiger partial charge in [0.2, 0.25) is 5.91 Å². The molecule has 1 fully saturated rings. The van der Waals surface area contributed by atoms with Gasteiger partial charge >= 0.3 is 0 Å². The summed E-state index contributed by atoms with van der Waals surface area (Å²) < 4.78 is 5.75. The molecule has 1 heterocycles. The van der Waals surface area contributed by atoms with Crippen molar-refractivity contribution in [2.24, 2.45) is 11.0 Å². The van der Waals surface area contributed by atoms with Crippen molar-refractivity contribution >= 4 is 34.0 Å². The van der Waals surface area contributed by atoms with E-state index in [1.165, 1.54) is 13.3 Å². The summed E-state index contributed by atoms with van der Waals surface area (Å²) in [5.74, 6) is -1.78. The number of hydrazone groups is 1. The van der Waals surface area contributed by atoms with E-state index in [0.717, 1.165) is 5.56 Å². The molecule has 1 aliphatic heterocycles. The number of phenols is 1. The van der Waals surface area contributed by atoms with Crippen molar-refractivity contribution in [2.75, 3.05) is 13.7 Å². The van der Waals surface area contributed by atoms with Crippen molar-refractivity contribution in [2.45, 2.75) is 5.92 Å². The Labute approximate surface area is 164 Å². The molecule has 0 aromatic heterocycles. The van der Waals surface area contributed by atoms with Crippen LogP contribution >= 0.6 is 15.9 Å². The molecule has 140 valence electrons. The van der Waals surface area contributed by atoms with E-state index < -0.39 is 11.8 Å². The first-order valence-electron chi connectivity index (χ1n) is 8.23. The molecule has 0 spiro atoms. The van der Waals surface area contributed by atoms with Crippen LogP contribution in [0.1, 0.15) is 17.0 Å². The lowest BCUT2D eigenvalue weighted by Gasteiger charge is -2.15. The van der Waals surface area contributed by atoms with E-state index in [2.05, 4.69) is 31.8 Å². The molecule has 7 nitrogen and oxygen atoms in total. The second kappa shape index (κ2) is 8.22. The van der Waals surface area contributed by atoms with Gasteiger partial charge in [-0.15, -0.1) is 0 Å². The van der Waals surface area contributed by atoms with Gasteiger partial charge in [-0.05, 0) is 17.7 Å². The zero-order chi connectivity index (χ0) is 19.4. The lowest BCUT2D eigenvalue weighted by atomic mass is 9.88. The maximum absolute atomic E-state index is 12.5. The van der Waals surface area contributed by atoms with Gasteiger partial charge in [-0.3, -0.25) is 9.59 Å². The van der Waals surface area contributed by atoms with Gasteiger partial charge < -0.3 is 15.2 Å². The van der Waals surface area contributed by atoms with Crippen LogP contribution in [-0.2, 0) is 9.59 Å². The van der Waals surface area contributed by atoms with Gasteiger partial charge in [0.15, 0.2) is 11.5 Å². The van der Waals surface area contributed by atoms with Gasteiger partial charge in [0.25, 0.3) is 5.91 Å². The number of carbonyl (C=O) groups excluding carboxylic acids is 2. The van der Waals surface area contributed by atoms with Gasteiger partial charge in [0, 0.05) is 22.5 Å². The smallest absolute Gasteiger partial charge is 0.253 e. The fraction of sp³-hybridized carbons (Fsp3) is 0.211. The van der Waals surface area contributed by atoms with Gasteiger partial charge in [0.05, 0.1) is 13.3 Å². The summed E-state index contributed by atoms with van der Waals surface area (Å²) in [7, 11) is 1.44. The number of amides is 2. The largest absolute Gasteiger partial charge is 0.504 e. The minimum atomic E-state index is -0.866. The molecule has 2 amide bonds. The maximum atomic E-state index is 12.5. The highest BCUT2D eigenvalue weighted by Gasteiger charge is 2.40. The molecule has 3 rings (SSSR count). The zero-order valence-corrected chi connectivity index (χ0v) is 16.1. The molecule has 27 heavy (non-hydrogen) atoms. The maximum Gasteiger partial charge on any atom is 0.253 e. The van der Waals surface area contributed by atoms with Crippen LogP contribution in [0.5, 0.6) is 11.5 Å². The van der Waals surface area contributed by atoms with Crippen molar-refractivity contribution in [3.05, 3.63) is 58.1 Å². The summed E-state index contributed by atoms with van der Waals surface area (Å²) in [5, 5.41) is 16.7. The van der Waals surface area contributed by atoms with Crippen LogP contribution < -0.4 is 15.5 Å². The van der Waals surface area contributed by atoms with Crippen LogP contribution in [0, 0.1) is 5.92 Å². The third kappa shape index (κ3) is 4.11. The van der Waals surface area contributed by atoms with Crippen LogP contribution in [-0.4, -0.2) is 36.8 Å². The molecule has 1 saturated heterocycles. The van der Waals surface area contributed by atoms with Gasteiger partial charge in [0.1, 0.15) is 5.92 Å². The summed E-state index contributed by atoms with van der Waals surface area (Å²) in [6.07, 6.45) is 1.30. The Kier molecular flexibility index (Phi) is 5.75. The van der Waals surface area contributed by atoms with Crippen LogP contribution in [0.2, 0.25) is 0 Å². The molecule has 0 radical (unpaired) electrons. The predicted molar refractivity (Wildman–Crippen MR) is 104 cm³/mol. The quantitative estimate of drug-likeness (QED) is 0.383. The molecule has 1 aliphatic rings. The molecule has 0 aliphatic carbocycles. The number of phenolic OH excluding ortho intramolecular Hbond substituents is 1. The molecule has 0 bridgehead atoms. The van der Waals surface area contributed by atoms with E-state index >= 15 is 0 Å². The van der Waals surface area contributed by atoms with Crippen LogP contribution in [0.4, 0.5) is 0 Å². The Balaban J connectivity index is 1.74. The van der Waals surface area contributed by atoms with Crippen molar-refractivity contribution in [1.29, 1.82) is 0 Å². The molecular formula is C19H18BrN3O4. The summed E-state index contributed by atoms with van der Waals surface area (Å²) >= 11 is 3.31. The first kappa shape index (κ1) is 18.9. The van der Waals surface area contributed by atoms with Gasteiger partial charge in [-0.2, -0.15) is 5.10 Å². The summed E-state index contributed by atoms with van der Waals surface area (Å²) in [6, 6.07) is 12.6. The number of hydrogen-bond acceptors (Lipinski definition) is 5. The van der Waals surface area contributed by atoms with Crippen LogP contribution in [0.3, 0.4) is 0 Å². The van der Waals surface area contributed by atoms with E-state index in [0.29, 0.717) is 16.6 Å². The average Bonchev–Trinajstić information content (AvgIpc) is 3.06. The first-order chi connectivity index (χ1) is 13.0. The van der Waals surface area contributed by atoms with Crippen molar-refractivity contribution in [1.82, 2.24) is 10.7 Å². The number of methoxy groups -OCH3 is 1. The number of rotatable bonds is 5. The third-order valence-electron chi connectivity index (χ3n) is 4.36. The predicted octanol–water partition coefficient (Wildman–Crippen LogP) is 2.14. The van der Waals surface area contributed by atoms with Gasteiger partial charge in [-0.25, -0.2) is 5.43 Å². The lowest BCUT2D eigenvalue weighted by molar-refractivity contribution is -0.133. The lowest BCUT2D eigenvalue weighted by Crippen LogP contribution is -2.34. The fourth-order valence-electron chi connectivity index (χ4n) is 3.02. The number of carbonyl (C=O) groups is 2. The second-order valence-electron chi connectivity index (χ2n) is 6.02. The highest BCUT2D eigenvalue weighted by atomic mass is 79.9. The molecule has 0 saturated carbocycles. The van der Waals surface area contributed by atoms with E-state index in [9.17, 15) is 14.7 Å². The molecule has 2 aromatic rings. The van der Waals surface area contributed by atoms with Crippen molar-refractivity contribution < 1.29 is 19.4 Å². The molecule has 8 heteroatoms. The standard InChI is InChI=1S/C19H18BrN3O4/c1-27-15-8-13(20)7-12(17(15)24)9-22-23-19(26)16-14(10-21-18(16)25)11-5-3-2-4-6-11/h2-9,14,16,24H,10H2,1H3,(H,21,25)(H,23,26)/b22-9+/t14-,16-/m1/s1. The molecule has 2 aromatic carbocycles. The van der Waals surface area contributed by atoms with Gasteiger partial charge in [-0.1, -0.05) is 46.3 Å². The summed E-state index contributed by atoms with van der Waals surface area (Å²) in [6.45, 7) is 0.397. The van der Waals surface area contributed by atoms with Crippen LogP contribution in [0.25, 0.3) is 0 Å². The van der Waals surface area contributed by atoms with E-state index in [1.54, 1.807) is 12.1 Å². The number of halogens is 1. The van der Waals surface area contributed by atoms with E-state index in [-0.39, 0.29) is 23.3 Å². The fourth-order valence-corrected chi connectivity index (χ4v) is 3.47. The number of hydrogen-bond donors (Lipinski definition) is 3. The number of ether oxygens (including phenoxy) is 1. The number of nitrogens with zero attached hydrogens (tertiary/aromatic N) is 1. The van der Waals surface area contributed by atoms with Crippen molar-refractivity contribution in [3.8, 4) is 11.5 Å². The summed E-state index contributed by atoms with van der Waals surface area (Å²) in [4.78, 5) is 24.7. The second-order valence-corrected chi connectivity index (χ2v) is 6.94. The normalized spacial score (nSPS) is 19.1. The number of aromatic hydroxyl groups is 1. The Hall–Kier alpha value is -2.87. The zero-order valence-electron chi connectivity index (χ0n) is 14.5. The summed E-state index contributed by atoms with van der Waals surface area (Å²) in [5.41, 5.74) is 3.66. The Morgan fingerprint density at radius 2 is 2.11 bits per heavy atom. The molecular weight excluding hydrogens is 414 g/mol. The Morgan fingerprint density at radius 3 is 2.81 bits per heavy atom. The SMILES string of the molecule is COc1cc(Br)cc(/C=N/NC(=O)[C@H]2C(=O)NC[C@@H]2c2ccccc2)c1O. The number of benzene rings is 2. The van der Waals surface area contributed by atoms with E-state index in [4.69, 9.17) is 4.74 Å². The monoisotopic (exact) mass is 431 g/mol. The average molecular weight is 432 g/mol. The Morgan fingerprint density at radius 1 is 1.37 bits per heavy atom. The highest BCUT2D eigenvalue weighted by Crippen LogP contribution is 2.32. The topological polar surface area (TPSA) is 100 Å². The number of nitrogens with one attached hydrogen (secondary N) is 2. The third-order valence-corrected chi connectivity index (χ3v) is 4.82. The first-order valence-corrected chi connectivity index (χ1v) is 9.02. The molecule has 2 atom stereocenters. The minimum absolute atomic E-state index is 0.0977. The molecule has 0 unspecified atom stereocenters. The highest BCUT2D eigenvalue weighted by molar-refractivity contribution is 9.10. The Bertz CT molecular complexity index is 886. The minimum Gasteiger partial charge on any atom is -0.504 e.